The van der Waals surface area contributed by atoms with Crippen molar-refractivity contribution < 1.29 is 9.90 Å². The quantitative estimate of drug-likeness (QED) is 0.860. The number of β-amino-alcohol motifs (C(OH)–C–C–N with tert-alkyl or cyclic N) is 1. The van der Waals surface area contributed by atoms with Crippen molar-refractivity contribution in [1.82, 2.24) is 4.90 Å². The Morgan fingerprint density at radius 2 is 2.35 bits per heavy atom. The molecule has 1 aromatic rings. The largest absolute Gasteiger partial charge is 0.391 e. The molecule has 0 aliphatic carbocycles. The van der Waals surface area contributed by atoms with Crippen LogP contribution in [0.3, 0.4) is 0 Å². The van der Waals surface area contributed by atoms with E-state index in [2.05, 4.69) is 25.1 Å². The molecule has 1 amide bonds. The van der Waals surface area contributed by atoms with Crippen LogP contribution in [-0.2, 0) is 11.2 Å². The lowest BCUT2D eigenvalue weighted by atomic mass is 10.1. The molecule has 3 heteroatoms. The van der Waals surface area contributed by atoms with Gasteiger partial charge >= 0.3 is 0 Å². The SMILES string of the molecule is Cc1cccc(CCC(=O)N2CC[C@@H](O)C2)c1. The van der Waals surface area contributed by atoms with E-state index in [1.54, 1.807) is 4.90 Å². The number of nitrogens with zero attached hydrogens (tertiary/aromatic N) is 1. The molecule has 1 heterocycles. The molecule has 2 rings (SSSR count). The summed E-state index contributed by atoms with van der Waals surface area (Å²) in [5, 5.41) is 9.38. The maximum Gasteiger partial charge on any atom is 0.222 e. The lowest BCUT2D eigenvalue weighted by Crippen LogP contribution is -2.29. The van der Waals surface area contributed by atoms with Gasteiger partial charge in [-0.2, -0.15) is 0 Å². The number of benzene rings is 1. The van der Waals surface area contributed by atoms with Crippen LogP contribution in [0.25, 0.3) is 0 Å². The van der Waals surface area contributed by atoms with Gasteiger partial charge in [-0.3, -0.25) is 4.79 Å². The first-order valence-corrected chi connectivity index (χ1v) is 6.16. The summed E-state index contributed by atoms with van der Waals surface area (Å²) in [6, 6.07) is 8.25. The fourth-order valence-corrected chi connectivity index (χ4v) is 2.25. The number of carbonyl (C=O) groups excluding carboxylic acids is 1. The number of aryl methyl sites for hydroxylation is 2. The molecule has 1 saturated heterocycles. The van der Waals surface area contributed by atoms with Gasteiger partial charge in [0.1, 0.15) is 0 Å². The Balaban J connectivity index is 1.84. The van der Waals surface area contributed by atoms with Crippen molar-refractivity contribution in [2.24, 2.45) is 0 Å². The van der Waals surface area contributed by atoms with Crippen molar-refractivity contribution >= 4 is 5.91 Å². The molecule has 0 spiro atoms. The zero-order valence-corrected chi connectivity index (χ0v) is 10.2. The molecule has 3 nitrogen and oxygen atoms in total. The lowest BCUT2D eigenvalue weighted by molar-refractivity contribution is -0.130. The van der Waals surface area contributed by atoms with Crippen molar-refractivity contribution in [3.8, 4) is 0 Å². The number of aliphatic hydroxyl groups is 1. The summed E-state index contributed by atoms with van der Waals surface area (Å²) in [6.07, 6.45) is 1.72. The molecule has 1 aliphatic rings. The van der Waals surface area contributed by atoms with E-state index in [1.165, 1.54) is 11.1 Å². The highest BCUT2D eigenvalue weighted by atomic mass is 16.3. The van der Waals surface area contributed by atoms with E-state index in [9.17, 15) is 9.90 Å². The standard InChI is InChI=1S/C14H19NO2/c1-11-3-2-4-12(9-11)5-6-14(17)15-8-7-13(16)10-15/h2-4,9,13,16H,5-8,10H2,1H3/t13-/m1/s1. The maximum absolute atomic E-state index is 11.9. The molecule has 92 valence electrons. The highest BCUT2D eigenvalue weighted by molar-refractivity contribution is 5.76. The summed E-state index contributed by atoms with van der Waals surface area (Å²) in [6.45, 7) is 3.27. The van der Waals surface area contributed by atoms with Crippen LogP contribution < -0.4 is 0 Å². The third kappa shape index (κ3) is 3.30. The zero-order valence-electron chi connectivity index (χ0n) is 10.2. The minimum absolute atomic E-state index is 0.156. The van der Waals surface area contributed by atoms with Crippen LogP contribution in [0.5, 0.6) is 0 Å². The number of aliphatic hydroxyl groups excluding tert-OH is 1. The minimum Gasteiger partial charge on any atom is -0.391 e. The Morgan fingerprint density at radius 1 is 1.53 bits per heavy atom. The molecular weight excluding hydrogens is 214 g/mol. The predicted molar refractivity (Wildman–Crippen MR) is 66.7 cm³/mol. The fourth-order valence-electron chi connectivity index (χ4n) is 2.25. The molecule has 0 saturated carbocycles. The molecule has 0 unspecified atom stereocenters. The van der Waals surface area contributed by atoms with Crippen molar-refractivity contribution in [3.63, 3.8) is 0 Å². The maximum atomic E-state index is 11.9. The Labute approximate surface area is 102 Å². The van der Waals surface area contributed by atoms with Gasteiger partial charge in [-0.25, -0.2) is 0 Å². The van der Waals surface area contributed by atoms with Crippen molar-refractivity contribution in [3.05, 3.63) is 35.4 Å². The normalized spacial score (nSPS) is 19.6. The van der Waals surface area contributed by atoms with Crippen molar-refractivity contribution in [2.75, 3.05) is 13.1 Å². The molecule has 0 radical (unpaired) electrons. The zero-order chi connectivity index (χ0) is 12.3. The Morgan fingerprint density at radius 3 is 3.00 bits per heavy atom. The van der Waals surface area contributed by atoms with Gasteiger partial charge in [0.2, 0.25) is 5.91 Å². The Kier molecular flexibility index (Phi) is 3.79. The summed E-state index contributed by atoms with van der Waals surface area (Å²) in [5.74, 6) is 0.156. The van der Waals surface area contributed by atoms with Gasteiger partial charge in [0, 0.05) is 19.5 Å². The molecule has 1 atom stereocenters. The number of rotatable bonds is 3. The van der Waals surface area contributed by atoms with Crippen LogP contribution in [-0.4, -0.2) is 35.1 Å². The van der Waals surface area contributed by atoms with Crippen LogP contribution >= 0.6 is 0 Å². The van der Waals surface area contributed by atoms with Crippen molar-refractivity contribution in [2.45, 2.75) is 32.3 Å². The first-order chi connectivity index (χ1) is 8.15. The molecule has 0 bridgehead atoms. The van der Waals surface area contributed by atoms with Gasteiger partial charge in [-0.15, -0.1) is 0 Å². The summed E-state index contributed by atoms with van der Waals surface area (Å²) in [7, 11) is 0. The molecule has 17 heavy (non-hydrogen) atoms. The van der Waals surface area contributed by atoms with E-state index in [-0.39, 0.29) is 12.0 Å². The topological polar surface area (TPSA) is 40.5 Å². The van der Waals surface area contributed by atoms with Crippen LogP contribution in [0.1, 0.15) is 24.0 Å². The second kappa shape index (κ2) is 5.32. The molecule has 1 aliphatic heterocycles. The second-order valence-corrected chi connectivity index (χ2v) is 4.77. The van der Waals surface area contributed by atoms with Gasteiger partial charge in [0.05, 0.1) is 6.10 Å². The fraction of sp³-hybridized carbons (Fsp3) is 0.500. The Hall–Kier alpha value is -1.35. The third-order valence-electron chi connectivity index (χ3n) is 3.23. The molecular formula is C14H19NO2. The average molecular weight is 233 g/mol. The molecule has 1 N–H and O–H groups in total. The molecule has 1 aromatic carbocycles. The second-order valence-electron chi connectivity index (χ2n) is 4.77. The summed E-state index contributed by atoms with van der Waals surface area (Å²) >= 11 is 0. The van der Waals surface area contributed by atoms with Gasteiger partial charge in [-0.05, 0) is 25.3 Å². The first-order valence-electron chi connectivity index (χ1n) is 6.16. The minimum atomic E-state index is -0.321. The highest BCUT2D eigenvalue weighted by Gasteiger charge is 2.23. The van der Waals surface area contributed by atoms with E-state index in [1.807, 2.05) is 6.07 Å². The van der Waals surface area contributed by atoms with Crippen molar-refractivity contribution in [1.29, 1.82) is 0 Å². The van der Waals surface area contributed by atoms with E-state index in [0.717, 1.165) is 12.8 Å². The van der Waals surface area contributed by atoms with Gasteiger partial charge in [0.15, 0.2) is 0 Å². The Bertz CT molecular complexity index is 403. The number of carbonyl (C=O) groups is 1. The van der Waals surface area contributed by atoms with Crippen LogP contribution in [0.15, 0.2) is 24.3 Å². The summed E-state index contributed by atoms with van der Waals surface area (Å²) < 4.78 is 0. The predicted octanol–water partition coefficient (Wildman–Crippen LogP) is 1.52. The van der Waals surface area contributed by atoms with Gasteiger partial charge in [-0.1, -0.05) is 29.8 Å². The third-order valence-corrected chi connectivity index (χ3v) is 3.23. The smallest absolute Gasteiger partial charge is 0.222 e. The van der Waals surface area contributed by atoms with Crippen LogP contribution in [0, 0.1) is 6.92 Å². The van der Waals surface area contributed by atoms with Gasteiger partial charge in [0.25, 0.3) is 0 Å². The van der Waals surface area contributed by atoms with E-state index in [0.29, 0.717) is 19.5 Å². The van der Waals surface area contributed by atoms with E-state index >= 15 is 0 Å². The summed E-state index contributed by atoms with van der Waals surface area (Å²) in [4.78, 5) is 13.6. The van der Waals surface area contributed by atoms with Crippen LogP contribution in [0.2, 0.25) is 0 Å². The number of amides is 1. The molecule has 0 aromatic heterocycles. The van der Waals surface area contributed by atoms with E-state index in [4.69, 9.17) is 0 Å². The lowest BCUT2D eigenvalue weighted by Gasteiger charge is -2.15. The average Bonchev–Trinajstić information content (AvgIpc) is 2.73. The van der Waals surface area contributed by atoms with Crippen LogP contribution in [0.4, 0.5) is 0 Å². The number of likely N-dealkylation sites (tertiary alicyclic amines) is 1. The monoisotopic (exact) mass is 233 g/mol. The first kappa shape index (κ1) is 12.1. The summed E-state index contributed by atoms with van der Waals surface area (Å²) in [5.41, 5.74) is 2.43. The van der Waals surface area contributed by atoms with Gasteiger partial charge < -0.3 is 10.0 Å². The highest BCUT2D eigenvalue weighted by Crippen LogP contribution is 2.12. The number of hydrogen-bond acceptors (Lipinski definition) is 2. The number of hydrogen-bond donors (Lipinski definition) is 1. The van der Waals surface area contributed by atoms with E-state index < -0.39 is 0 Å². The molecule has 1 fully saturated rings.